The van der Waals surface area contributed by atoms with E-state index < -0.39 is 0 Å². The second-order valence-electron chi connectivity index (χ2n) is 4.34. The molecule has 0 atom stereocenters. The first kappa shape index (κ1) is 12.5. The van der Waals surface area contributed by atoms with Crippen LogP contribution in [0.4, 0.5) is 4.39 Å². The third-order valence-corrected chi connectivity index (χ3v) is 2.97. The number of rotatable bonds is 3. The molecule has 20 heavy (non-hydrogen) atoms. The lowest BCUT2D eigenvalue weighted by Crippen LogP contribution is -1.98. The Kier molecular flexibility index (Phi) is 3.26. The highest BCUT2D eigenvalue weighted by molar-refractivity contribution is 5.76. The number of pyridine rings is 1. The summed E-state index contributed by atoms with van der Waals surface area (Å²) in [5.41, 5.74) is 8.48. The third kappa shape index (κ3) is 2.31. The van der Waals surface area contributed by atoms with Gasteiger partial charge in [-0.05, 0) is 24.3 Å². The van der Waals surface area contributed by atoms with Gasteiger partial charge in [0.25, 0.3) is 0 Å². The average molecular weight is 268 g/mol. The van der Waals surface area contributed by atoms with Crippen molar-refractivity contribution in [2.45, 2.75) is 6.54 Å². The highest BCUT2D eigenvalue weighted by atomic mass is 19.1. The molecule has 100 valence electrons. The Bertz CT molecular complexity index is 722. The standard InChI is InChI=1S/C15H13FN4/c16-11-5-3-4-10(8-11)14-15(20-13(9-17)19-14)12-6-1-2-7-18-12/h1-8H,9,17H2,(H,19,20). The molecule has 0 fully saturated rings. The monoisotopic (exact) mass is 268 g/mol. The van der Waals surface area contributed by atoms with E-state index in [9.17, 15) is 4.39 Å². The number of nitrogens with zero attached hydrogens (tertiary/aromatic N) is 2. The summed E-state index contributed by atoms with van der Waals surface area (Å²) >= 11 is 0. The van der Waals surface area contributed by atoms with Gasteiger partial charge in [0.1, 0.15) is 11.6 Å². The molecule has 3 rings (SSSR count). The number of hydrogen-bond acceptors (Lipinski definition) is 3. The van der Waals surface area contributed by atoms with Crippen LogP contribution in [0.1, 0.15) is 5.82 Å². The van der Waals surface area contributed by atoms with E-state index in [1.54, 1.807) is 12.3 Å². The molecule has 3 aromatic rings. The molecule has 1 aromatic carbocycles. The van der Waals surface area contributed by atoms with Crippen molar-refractivity contribution < 1.29 is 4.39 Å². The Morgan fingerprint density at radius 3 is 2.75 bits per heavy atom. The maximum atomic E-state index is 13.4. The van der Waals surface area contributed by atoms with Crippen LogP contribution in [-0.2, 0) is 6.54 Å². The molecule has 3 N–H and O–H groups in total. The molecular formula is C15H13FN4. The van der Waals surface area contributed by atoms with Crippen LogP contribution in [0.25, 0.3) is 22.6 Å². The fourth-order valence-electron chi connectivity index (χ4n) is 2.06. The topological polar surface area (TPSA) is 67.6 Å². The van der Waals surface area contributed by atoms with E-state index in [1.807, 2.05) is 24.3 Å². The van der Waals surface area contributed by atoms with E-state index in [2.05, 4.69) is 15.0 Å². The molecule has 2 heterocycles. The van der Waals surface area contributed by atoms with Gasteiger partial charge in [-0.15, -0.1) is 0 Å². The number of halogens is 1. The number of aromatic amines is 1. The van der Waals surface area contributed by atoms with Crippen LogP contribution >= 0.6 is 0 Å². The predicted molar refractivity (Wildman–Crippen MR) is 75.1 cm³/mol. The largest absolute Gasteiger partial charge is 0.339 e. The first-order valence-corrected chi connectivity index (χ1v) is 6.24. The lowest BCUT2D eigenvalue weighted by molar-refractivity contribution is 0.628. The molecule has 5 heteroatoms. The van der Waals surface area contributed by atoms with Crippen LogP contribution in [0.5, 0.6) is 0 Å². The Balaban J connectivity index is 2.18. The SMILES string of the molecule is NCc1nc(-c2cccc(F)c2)c(-c2ccccn2)[nH]1. The third-order valence-electron chi connectivity index (χ3n) is 2.97. The van der Waals surface area contributed by atoms with E-state index in [0.717, 1.165) is 11.4 Å². The van der Waals surface area contributed by atoms with Crippen molar-refractivity contribution in [3.05, 3.63) is 60.3 Å². The number of nitrogens with one attached hydrogen (secondary N) is 1. The zero-order chi connectivity index (χ0) is 13.9. The maximum Gasteiger partial charge on any atom is 0.123 e. The van der Waals surface area contributed by atoms with Gasteiger partial charge in [-0.3, -0.25) is 4.98 Å². The van der Waals surface area contributed by atoms with Crippen LogP contribution in [0.3, 0.4) is 0 Å². The zero-order valence-electron chi connectivity index (χ0n) is 10.7. The van der Waals surface area contributed by atoms with Crippen LogP contribution in [0.2, 0.25) is 0 Å². The molecule has 0 aliphatic carbocycles. The fraction of sp³-hybridized carbons (Fsp3) is 0.0667. The van der Waals surface area contributed by atoms with Crippen molar-refractivity contribution >= 4 is 0 Å². The number of aromatic nitrogens is 3. The minimum absolute atomic E-state index is 0.287. The lowest BCUT2D eigenvalue weighted by Gasteiger charge is -2.02. The minimum atomic E-state index is -0.299. The summed E-state index contributed by atoms with van der Waals surface area (Å²) in [7, 11) is 0. The van der Waals surface area contributed by atoms with Gasteiger partial charge in [0.2, 0.25) is 0 Å². The summed E-state index contributed by atoms with van der Waals surface area (Å²) in [5, 5.41) is 0. The first-order valence-electron chi connectivity index (χ1n) is 6.24. The van der Waals surface area contributed by atoms with Crippen molar-refractivity contribution in [2.75, 3.05) is 0 Å². The Hall–Kier alpha value is -2.53. The molecular weight excluding hydrogens is 255 g/mol. The predicted octanol–water partition coefficient (Wildman–Crippen LogP) is 2.74. The molecule has 0 radical (unpaired) electrons. The number of H-pyrrole nitrogens is 1. The number of hydrogen-bond donors (Lipinski definition) is 2. The number of imidazole rings is 1. The summed E-state index contributed by atoms with van der Waals surface area (Å²) in [5.74, 6) is 0.344. The fourth-order valence-corrected chi connectivity index (χ4v) is 2.06. The van der Waals surface area contributed by atoms with Crippen molar-refractivity contribution in [3.63, 3.8) is 0 Å². The zero-order valence-corrected chi connectivity index (χ0v) is 10.7. The molecule has 4 nitrogen and oxygen atoms in total. The molecule has 0 spiro atoms. The van der Waals surface area contributed by atoms with Gasteiger partial charge in [0, 0.05) is 11.8 Å². The molecule has 0 unspecified atom stereocenters. The van der Waals surface area contributed by atoms with Crippen LogP contribution < -0.4 is 5.73 Å². The molecule has 0 bridgehead atoms. The van der Waals surface area contributed by atoms with E-state index >= 15 is 0 Å². The lowest BCUT2D eigenvalue weighted by atomic mass is 10.1. The number of benzene rings is 1. The maximum absolute atomic E-state index is 13.4. The van der Waals surface area contributed by atoms with Gasteiger partial charge in [-0.2, -0.15) is 0 Å². The second-order valence-corrected chi connectivity index (χ2v) is 4.34. The van der Waals surface area contributed by atoms with Crippen LogP contribution in [0.15, 0.2) is 48.7 Å². The average Bonchev–Trinajstić information content (AvgIpc) is 2.92. The van der Waals surface area contributed by atoms with E-state index in [-0.39, 0.29) is 12.4 Å². The van der Waals surface area contributed by atoms with Gasteiger partial charge in [0.05, 0.1) is 23.6 Å². The Morgan fingerprint density at radius 2 is 2.05 bits per heavy atom. The van der Waals surface area contributed by atoms with Crippen molar-refractivity contribution in [1.82, 2.24) is 15.0 Å². The summed E-state index contributed by atoms with van der Waals surface area (Å²) in [6, 6.07) is 11.9. The second kappa shape index (κ2) is 5.22. The summed E-state index contributed by atoms with van der Waals surface area (Å²) in [4.78, 5) is 11.9. The normalized spacial score (nSPS) is 10.7. The molecule has 0 saturated heterocycles. The molecule has 2 aromatic heterocycles. The Morgan fingerprint density at radius 1 is 1.15 bits per heavy atom. The summed E-state index contributed by atoms with van der Waals surface area (Å²) in [6.07, 6.45) is 1.70. The van der Waals surface area contributed by atoms with E-state index in [1.165, 1.54) is 12.1 Å². The molecule has 0 aliphatic heterocycles. The van der Waals surface area contributed by atoms with Crippen molar-refractivity contribution in [2.24, 2.45) is 5.73 Å². The van der Waals surface area contributed by atoms with Gasteiger partial charge >= 0.3 is 0 Å². The minimum Gasteiger partial charge on any atom is -0.339 e. The van der Waals surface area contributed by atoms with Crippen molar-refractivity contribution in [1.29, 1.82) is 0 Å². The van der Waals surface area contributed by atoms with Gasteiger partial charge in [-0.1, -0.05) is 18.2 Å². The van der Waals surface area contributed by atoms with Crippen molar-refractivity contribution in [3.8, 4) is 22.6 Å². The highest BCUT2D eigenvalue weighted by Gasteiger charge is 2.14. The van der Waals surface area contributed by atoms with Gasteiger partial charge < -0.3 is 10.7 Å². The van der Waals surface area contributed by atoms with E-state index in [4.69, 9.17) is 5.73 Å². The van der Waals surface area contributed by atoms with Crippen LogP contribution in [-0.4, -0.2) is 15.0 Å². The van der Waals surface area contributed by atoms with Gasteiger partial charge in [0.15, 0.2) is 0 Å². The molecule has 0 saturated carbocycles. The Labute approximate surface area is 115 Å². The molecule has 0 amide bonds. The quantitative estimate of drug-likeness (QED) is 0.767. The summed E-state index contributed by atoms with van der Waals surface area (Å²) < 4.78 is 13.4. The highest BCUT2D eigenvalue weighted by Crippen LogP contribution is 2.29. The number of nitrogens with two attached hydrogens (primary N) is 1. The first-order chi connectivity index (χ1) is 9.78. The van der Waals surface area contributed by atoms with Gasteiger partial charge in [-0.25, -0.2) is 9.37 Å². The van der Waals surface area contributed by atoms with E-state index in [0.29, 0.717) is 17.1 Å². The van der Waals surface area contributed by atoms with Crippen LogP contribution in [0, 0.1) is 5.82 Å². The summed E-state index contributed by atoms with van der Waals surface area (Å²) in [6.45, 7) is 0.287. The molecule has 0 aliphatic rings. The smallest absolute Gasteiger partial charge is 0.123 e.